The molecule has 0 heterocycles. The third-order valence-electron chi connectivity index (χ3n) is 8.38. The molecule has 0 amide bonds. The van der Waals surface area contributed by atoms with Gasteiger partial charge in [-0.3, -0.25) is 14.1 Å². The van der Waals surface area contributed by atoms with Crippen molar-refractivity contribution >= 4 is 19.8 Å². The lowest BCUT2D eigenvalue weighted by molar-refractivity contribution is -0.161. The maximum absolute atomic E-state index is 12.2. The monoisotopic (exact) mass is 662 g/mol. The minimum atomic E-state index is -4.73. The molecule has 0 fully saturated rings. The summed E-state index contributed by atoms with van der Waals surface area (Å²) in [5.41, 5.74) is 0. The molecule has 2 N–H and O–H groups in total. The van der Waals surface area contributed by atoms with Gasteiger partial charge in [-0.25, -0.2) is 4.57 Å². The Balaban J connectivity index is 3.77. The van der Waals surface area contributed by atoms with Crippen LogP contribution in [0.4, 0.5) is 0 Å². The van der Waals surface area contributed by atoms with Gasteiger partial charge in [-0.15, -0.1) is 0 Å². The summed E-state index contributed by atoms with van der Waals surface area (Å²) < 4.78 is 26.2. The average molecular weight is 663 g/mol. The molecule has 0 aliphatic carbocycles. The van der Waals surface area contributed by atoms with Crippen LogP contribution in [0, 0.1) is 0 Å². The van der Waals surface area contributed by atoms with Gasteiger partial charge < -0.3 is 19.3 Å². The second-order valence-corrected chi connectivity index (χ2v) is 14.2. The summed E-state index contributed by atoms with van der Waals surface area (Å²) in [5.74, 6) is -0.880. The van der Waals surface area contributed by atoms with E-state index in [1.54, 1.807) is 0 Å². The maximum atomic E-state index is 12.2. The number of hydrogen-bond donors (Lipinski definition) is 2. The van der Waals surface area contributed by atoms with E-state index in [1.165, 1.54) is 128 Å². The molecule has 0 saturated heterocycles. The van der Waals surface area contributed by atoms with E-state index in [2.05, 4.69) is 18.4 Å². The van der Waals surface area contributed by atoms with Crippen LogP contribution in [0.2, 0.25) is 0 Å². The molecule has 268 valence electrons. The predicted molar refractivity (Wildman–Crippen MR) is 184 cm³/mol. The first-order chi connectivity index (χ1) is 21.8. The van der Waals surface area contributed by atoms with Crippen molar-refractivity contribution in [1.82, 2.24) is 0 Å². The van der Waals surface area contributed by atoms with Gasteiger partial charge in [0.1, 0.15) is 6.61 Å². The SMILES string of the molecule is CCCCCCCCCCCCCCCCCCCCCCC(=O)OC[C@H](COP(=O)(O)O)OC(=O)CCCCCCCCC. The van der Waals surface area contributed by atoms with Gasteiger partial charge in [-0.1, -0.05) is 174 Å². The Morgan fingerprint density at radius 1 is 0.489 bits per heavy atom. The molecule has 0 aliphatic heterocycles. The van der Waals surface area contributed by atoms with Crippen LogP contribution in [0.25, 0.3) is 0 Å². The fourth-order valence-electron chi connectivity index (χ4n) is 5.55. The molecule has 0 saturated carbocycles. The Hall–Kier alpha value is -0.950. The summed E-state index contributed by atoms with van der Waals surface area (Å²) in [5, 5.41) is 0. The summed E-state index contributed by atoms with van der Waals surface area (Å²) in [6, 6.07) is 0. The number of carbonyl (C=O) groups excluding carboxylic acids is 2. The van der Waals surface area contributed by atoms with Crippen molar-refractivity contribution < 1.29 is 37.9 Å². The third kappa shape index (κ3) is 35.7. The van der Waals surface area contributed by atoms with Crippen LogP contribution in [-0.4, -0.2) is 41.0 Å². The standard InChI is InChI=1S/C36H71O8P/c1-3-5-7-9-11-12-13-14-15-16-17-18-19-20-21-22-23-25-26-28-30-35(37)42-32-34(33-43-45(39,40)41)44-36(38)31-29-27-24-10-8-6-4-2/h34H,3-33H2,1-2H3,(H2,39,40,41)/t34-/m1/s1. The fraction of sp³-hybridized carbons (Fsp3) is 0.944. The number of carbonyl (C=O) groups is 2. The molecule has 0 aromatic rings. The van der Waals surface area contributed by atoms with Gasteiger partial charge in [-0.2, -0.15) is 0 Å². The van der Waals surface area contributed by atoms with Gasteiger partial charge >= 0.3 is 19.8 Å². The number of hydrogen-bond acceptors (Lipinski definition) is 6. The average Bonchev–Trinajstić information content (AvgIpc) is 3.00. The van der Waals surface area contributed by atoms with Crippen LogP contribution >= 0.6 is 7.82 Å². The van der Waals surface area contributed by atoms with Crippen LogP contribution in [0.15, 0.2) is 0 Å². The molecule has 0 aromatic carbocycles. The second kappa shape index (κ2) is 33.0. The molecule has 0 aromatic heterocycles. The van der Waals surface area contributed by atoms with Crippen molar-refractivity contribution in [1.29, 1.82) is 0 Å². The van der Waals surface area contributed by atoms with Gasteiger partial charge in [0.15, 0.2) is 6.10 Å². The quantitative estimate of drug-likeness (QED) is 0.0391. The minimum Gasteiger partial charge on any atom is -0.462 e. The predicted octanol–water partition coefficient (Wildman–Crippen LogP) is 10.9. The molecular weight excluding hydrogens is 591 g/mol. The zero-order valence-electron chi connectivity index (χ0n) is 29.3. The van der Waals surface area contributed by atoms with Crippen molar-refractivity contribution in [3.05, 3.63) is 0 Å². The van der Waals surface area contributed by atoms with E-state index in [0.717, 1.165) is 38.5 Å². The Kier molecular flexibility index (Phi) is 32.3. The smallest absolute Gasteiger partial charge is 0.462 e. The van der Waals surface area contributed by atoms with Crippen LogP contribution in [0.5, 0.6) is 0 Å². The Bertz CT molecular complexity index is 711. The van der Waals surface area contributed by atoms with Gasteiger partial charge in [0.25, 0.3) is 0 Å². The van der Waals surface area contributed by atoms with Gasteiger partial charge in [-0.05, 0) is 12.8 Å². The van der Waals surface area contributed by atoms with Crippen molar-refractivity contribution in [3.8, 4) is 0 Å². The summed E-state index contributed by atoms with van der Waals surface area (Å²) in [6.45, 7) is 3.64. The zero-order chi connectivity index (χ0) is 33.3. The number of phosphoric ester groups is 1. The molecule has 0 spiro atoms. The zero-order valence-corrected chi connectivity index (χ0v) is 30.2. The Morgan fingerprint density at radius 3 is 1.13 bits per heavy atom. The second-order valence-electron chi connectivity index (χ2n) is 12.9. The molecule has 0 bridgehead atoms. The third-order valence-corrected chi connectivity index (χ3v) is 8.86. The van der Waals surface area contributed by atoms with Crippen molar-refractivity contribution in [2.45, 2.75) is 206 Å². The summed E-state index contributed by atoms with van der Waals surface area (Å²) in [7, 11) is -4.73. The van der Waals surface area contributed by atoms with Gasteiger partial charge in [0, 0.05) is 12.8 Å². The maximum Gasteiger partial charge on any atom is 0.469 e. The van der Waals surface area contributed by atoms with Gasteiger partial charge in [0.2, 0.25) is 0 Å². The Labute approximate surface area is 276 Å². The molecule has 0 radical (unpaired) electrons. The number of ether oxygens (including phenoxy) is 2. The summed E-state index contributed by atoms with van der Waals surface area (Å²) in [6.07, 6.45) is 32.9. The van der Waals surface area contributed by atoms with Crippen LogP contribution in [-0.2, 0) is 28.2 Å². The van der Waals surface area contributed by atoms with E-state index in [0.29, 0.717) is 6.42 Å². The first-order valence-electron chi connectivity index (χ1n) is 18.8. The summed E-state index contributed by atoms with van der Waals surface area (Å²) in [4.78, 5) is 42.4. The molecule has 9 heteroatoms. The number of unbranched alkanes of at least 4 members (excludes halogenated alkanes) is 25. The van der Waals surface area contributed by atoms with Crippen molar-refractivity contribution in [2.75, 3.05) is 13.2 Å². The molecule has 0 rings (SSSR count). The molecule has 8 nitrogen and oxygen atoms in total. The lowest BCUT2D eigenvalue weighted by Gasteiger charge is -2.18. The molecule has 1 atom stereocenters. The normalized spacial score (nSPS) is 12.4. The van der Waals surface area contributed by atoms with Crippen LogP contribution < -0.4 is 0 Å². The van der Waals surface area contributed by atoms with Crippen molar-refractivity contribution in [3.63, 3.8) is 0 Å². The van der Waals surface area contributed by atoms with E-state index >= 15 is 0 Å². The highest BCUT2D eigenvalue weighted by Gasteiger charge is 2.22. The highest BCUT2D eigenvalue weighted by Crippen LogP contribution is 2.36. The topological polar surface area (TPSA) is 119 Å². The highest BCUT2D eigenvalue weighted by atomic mass is 31.2. The summed E-state index contributed by atoms with van der Waals surface area (Å²) >= 11 is 0. The number of esters is 2. The van der Waals surface area contributed by atoms with Crippen LogP contribution in [0.1, 0.15) is 200 Å². The first-order valence-corrected chi connectivity index (χ1v) is 20.4. The largest absolute Gasteiger partial charge is 0.469 e. The molecule has 0 unspecified atom stereocenters. The minimum absolute atomic E-state index is 0.216. The first kappa shape index (κ1) is 44.0. The van der Waals surface area contributed by atoms with E-state index in [-0.39, 0.29) is 19.4 Å². The number of rotatable bonds is 35. The van der Waals surface area contributed by atoms with Crippen LogP contribution in [0.3, 0.4) is 0 Å². The fourth-order valence-corrected chi connectivity index (χ4v) is 5.91. The molecular formula is C36H71O8P. The van der Waals surface area contributed by atoms with E-state index in [1.807, 2.05) is 0 Å². The Morgan fingerprint density at radius 2 is 0.800 bits per heavy atom. The van der Waals surface area contributed by atoms with Crippen molar-refractivity contribution in [2.24, 2.45) is 0 Å². The molecule has 45 heavy (non-hydrogen) atoms. The van der Waals surface area contributed by atoms with E-state index < -0.39 is 32.5 Å². The van der Waals surface area contributed by atoms with E-state index in [4.69, 9.17) is 19.3 Å². The lowest BCUT2D eigenvalue weighted by atomic mass is 10.0. The molecule has 0 aliphatic rings. The highest BCUT2D eigenvalue weighted by molar-refractivity contribution is 7.46. The van der Waals surface area contributed by atoms with Gasteiger partial charge in [0.05, 0.1) is 6.61 Å². The van der Waals surface area contributed by atoms with E-state index in [9.17, 15) is 14.2 Å². The lowest BCUT2D eigenvalue weighted by Crippen LogP contribution is -2.29. The number of phosphoric acid groups is 1.